The number of hydrogen-bond acceptors (Lipinski definition) is 4. The quantitative estimate of drug-likeness (QED) is 0.874. The molecule has 0 aromatic heterocycles. The van der Waals surface area contributed by atoms with E-state index in [2.05, 4.69) is 37.2 Å². The van der Waals surface area contributed by atoms with Crippen LogP contribution in [0.4, 0.5) is 0 Å². The van der Waals surface area contributed by atoms with Gasteiger partial charge in [-0.1, -0.05) is 13.8 Å². The van der Waals surface area contributed by atoms with Crippen molar-refractivity contribution in [3.63, 3.8) is 0 Å². The molecule has 1 saturated heterocycles. The fourth-order valence-corrected chi connectivity index (χ4v) is 3.19. The van der Waals surface area contributed by atoms with Gasteiger partial charge in [-0.15, -0.1) is 0 Å². The largest absolute Gasteiger partial charge is 0.497 e. The second-order valence-corrected chi connectivity index (χ2v) is 6.15. The van der Waals surface area contributed by atoms with Crippen LogP contribution in [0.3, 0.4) is 0 Å². The van der Waals surface area contributed by atoms with Crippen molar-refractivity contribution in [1.82, 2.24) is 10.2 Å². The predicted octanol–water partition coefficient (Wildman–Crippen LogP) is 2.69. The lowest BCUT2D eigenvalue weighted by molar-refractivity contribution is 0.260. The summed E-state index contributed by atoms with van der Waals surface area (Å²) < 4.78 is 11.0. The van der Waals surface area contributed by atoms with Crippen LogP contribution in [0.5, 0.6) is 11.5 Å². The van der Waals surface area contributed by atoms with Crippen LogP contribution < -0.4 is 14.8 Å². The van der Waals surface area contributed by atoms with E-state index in [0.717, 1.165) is 24.6 Å². The lowest BCUT2D eigenvalue weighted by Gasteiger charge is -2.28. The third-order valence-corrected chi connectivity index (χ3v) is 4.32. The fourth-order valence-electron chi connectivity index (χ4n) is 3.19. The number of nitrogens with one attached hydrogen (secondary N) is 1. The monoisotopic (exact) mass is 292 g/mol. The van der Waals surface area contributed by atoms with Crippen LogP contribution in [-0.4, -0.2) is 45.3 Å². The average molecular weight is 292 g/mol. The summed E-state index contributed by atoms with van der Waals surface area (Å²) in [4.78, 5) is 2.42. The first kappa shape index (κ1) is 16.1. The van der Waals surface area contributed by atoms with Crippen molar-refractivity contribution in [2.24, 2.45) is 5.92 Å². The van der Waals surface area contributed by atoms with Crippen molar-refractivity contribution in [2.75, 3.05) is 34.4 Å². The van der Waals surface area contributed by atoms with Gasteiger partial charge in [-0.25, -0.2) is 0 Å². The molecule has 4 heteroatoms. The summed E-state index contributed by atoms with van der Waals surface area (Å²) in [6.07, 6.45) is 1.21. The Morgan fingerprint density at radius 1 is 1.29 bits per heavy atom. The highest BCUT2D eigenvalue weighted by Crippen LogP contribution is 2.41. The molecule has 4 nitrogen and oxygen atoms in total. The van der Waals surface area contributed by atoms with Gasteiger partial charge in [0.15, 0.2) is 0 Å². The molecule has 118 valence electrons. The third kappa shape index (κ3) is 3.69. The maximum Gasteiger partial charge on any atom is 0.123 e. The first-order chi connectivity index (χ1) is 10.1. The summed E-state index contributed by atoms with van der Waals surface area (Å²) in [6, 6.07) is 6.98. The molecule has 0 bridgehead atoms. The fraction of sp³-hybridized carbons (Fsp3) is 0.647. The Labute approximate surface area is 128 Å². The second kappa shape index (κ2) is 7.14. The van der Waals surface area contributed by atoms with Crippen LogP contribution in [0.25, 0.3) is 0 Å². The molecule has 1 aliphatic rings. The Bertz CT molecular complexity index is 462. The number of ether oxygens (including phenoxy) is 2. The van der Waals surface area contributed by atoms with Gasteiger partial charge < -0.3 is 14.8 Å². The van der Waals surface area contributed by atoms with Crippen LogP contribution in [-0.2, 0) is 0 Å². The van der Waals surface area contributed by atoms with E-state index in [1.807, 2.05) is 12.1 Å². The third-order valence-electron chi connectivity index (χ3n) is 4.32. The van der Waals surface area contributed by atoms with E-state index >= 15 is 0 Å². The number of methoxy groups -OCH3 is 2. The molecule has 1 N–H and O–H groups in total. The number of likely N-dealkylation sites (tertiary alicyclic amines) is 1. The van der Waals surface area contributed by atoms with Gasteiger partial charge in [-0.2, -0.15) is 0 Å². The minimum atomic E-state index is 0.376. The molecule has 0 spiro atoms. The van der Waals surface area contributed by atoms with Crippen LogP contribution in [0.15, 0.2) is 18.2 Å². The van der Waals surface area contributed by atoms with Gasteiger partial charge in [0.05, 0.1) is 14.2 Å². The Balaban J connectivity index is 2.27. The molecule has 0 amide bonds. The van der Waals surface area contributed by atoms with E-state index in [1.165, 1.54) is 12.0 Å². The summed E-state index contributed by atoms with van der Waals surface area (Å²) in [5.74, 6) is 2.43. The van der Waals surface area contributed by atoms with Crippen LogP contribution in [0, 0.1) is 5.92 Å². The van der Waals surface area contributed by atoms with Gasteiger partial charge in [0, 0.05) is 24.2 Å². The predicted molar refractivity (Wildman–Crippen MR) is 86.2 cm³/mol. The van der Waals surface area contributed by atoms with Crippen molar-refractivity contribution in [3.8, 4) is 11.5 Å². The summed E-state index contributed by atoms with van der Waals surface area (Å²) >= 11 is 0. The van der Waals surface area contributed by atoms with Gasteiger partial charge in [0.25, 0.3) is 0 Å². The Hall–Kier alpha value is -1.26. The molecule has 1 aromatic carbocycles. The van der Waals surface area contributed by atoms with E-state index in [-0.39, 0.29) is 0 Å². The van der Waals surface area contributed by atoms with Crippen molar-refractivity contribution in [1.29, 1.82) is 0 Å². The maximum absolute atomic E-state index is 5.58. The highest BCUT2D eigenvalue weighted by atomic mass is 16.5. The normalized spacial score (nSPS) is 22.8. The summed E-state index contributed by atoms with van der Waals surface area (Å²) in [6.45, 7) is 6.54. The maximum atomic E-state index is 5.58. The first-order valence-corrected chi connectivity index (χ1v) is 7.72. The number of rotatable bonds is 6. The summed E-state index contributed by atoms with van der Waals surface area (Å²) in [5, 5.41) is 3.58. The Kier molecular flexibility index (Phi) is 5.48. The first-order valence-electron chi connectivity index (χ1n) is 7.72. The molecule has 2 rings (SSSR count). The Morgan fingerprint density at radius 3 is 2.67 bits per heavy atom. The van der Waals surface area contributed by atoms with Gasteiger partial charge >= 0.3 is 0 Å². The van der Waals surface area contributed by atoms with E-state index in [9.17, 15) is 0 Å². The summed E-state index contributed by atoms with van der Waals surface area (Å²) in [7, 11) is 5.64. The molecular weight excluding hydrogens is 264 g/mol. The van der Waals surface area contributed by atoms with Gasteiger partial charge in [0.2, 0.25) is 0 Å². The number of hydrogen-bond donors (Lipinski definition) is 1. The van der Waals surface area contributed by atoms with Crippen molar-refractivity contribution < 1.29 is 9.47 Å². The zero-order chi connectivity index (χ0) is 15.4. The molecule has 1 aromatic rings. The zero-order valence-corrected chi connectivity index (χ0v) is 13.8. The Morgan fingerprint density at radius 2 is 2.05 bits per heavy atom. The molecule has 1 fully saturated rings. The highest BCUT2D eigenvalue weighted by molar-refractivity contribution is 5.43. The molecule has 1 heterocycles. The average Bonchev–Trinajstić information content (AvgIpc) is 2.85. The van der Waals surface area contributed by atoms with Crippen LogP contribution in [0.2, 0.25) is 0 Å². The minimum absolute atomic E-state index is 0.376. The van der Waals surface area contributed by atoms with Crippen LogP contribution >= 0.6 is 0 Å². The smallest absolute Gasteiger partial charge is 0.123 e. The van der Waals surface area contributed by atoms with E-state index in [4.69, 9.17) is 9.47 Å². The molecular formula is C17H28N2O2. The number of nitrogens with zero attached hydrogens (tertiary/aromatic N) is 1. The van der Waals surface area contributed by atoms with Crippen molar-refractivity contribution in [2.45, 2.75) is 32.4 Å². The lowest BCUT2D eigenvalue weighted by Crippen LogP contribution is -2.32. The van der Waals surface area contributed by atoms with Crippen molar-refractivity contribution in [3.05, 3.63) is 23.8 Å². The molecule has 2 unspecified atom stereocenters. The molecule has 2 atom stereocenters. The standard InChI is InChI=1S/C17H28N2O2/c1-12(2)18-11-13-8-9-19(3)17(13)15-10-14(20-4)6-7-16(15)21-5/h6-7,10,12-13,17-18H,8-9,11H2,1-5H3. The van der Waals surface area contributed by atoms with Crippen molar-refractivity contribution >= 4 is 0 Å². The zero-order valence-electron chi connectivity index (χ0n) is 13.8. The van der Waals surface area contributed by atoms with Gasteiger partial charge in [-0.3, -0.25) is 4.90 Å². The number of benzene rings is 1. The second-order valence-electron chi connectivity index (χ2n) is 6.15. The van der Waals surface area contributed by atoms with E-state index in [1.54, 1.807) is 14.2 Å². The SMILES string of the molecule is COc1ccc(OC)c(C2C(CNC(C)C)CCN2C)c1. The summed E-state index contributed by atoms with van der Waals surface area (Å²) in [5.41, 5.74) is 1.23. The van der Waals surface area contributed by atoms with Crippen LogP contribution in [0.1, 0.15) is 31.9 Å². The van der Waals surface area contributed by atoms with Gasteiger partial charge in [-0.05, 0) is 44.1 Å². The molecule has 1 aliphatic heterocycles. The topological polar surface area (TPSA) is 33.7 Å². The minimum Gasteiger partial charge on any atom is -0.497 e. The molecule has 0 saturated carbocycles. The van der Waals surface area contributed by atoms with E-state index in [0.29, 0.717) is 18.0 Å². The molecule has 0 aliphatic carbocycles. The molecule has 21 heavy (non-hydrogen) atoms. The lowest BCUT2D eigenvalue weighted by atomic mass is 9.92. The molecule has 0 radical (unpaired) electrons. The highest BCUT2D eigenvalue weighted by Gasteiger charge is 2.34. The van der Waals surface area contributed by atoms with E-state index < -0.39 is 0 Å². The van der Waals surface area contributed by atoms with Gasteiger partial charge in [0.1, 0.15) is 11.5 Å².